The number of benzene rings is 2. The first-order chi connectivity index (χ1) is 14.0. The summed E-state index contributed by atoms with van der Waals surface area (Å²) in [4.78, 5) is 50.3. The van der Waals surface area contributed by atoms with Crippen molar-refractivity contribution >= 4 is 35.1 Å². The van der Waals surface area contributed by atoms with Crippen LogP contribution in [0.4, 0.5) is 11.4 Å². The molecular weight excluding hydrogens is 374 g/mol. The van der Waals surface area contributed by atoms with Gasteiger partial charge in [-0.15, -0.1) is 0 Å². The van der Waals surface area contributed by atoms with Gasteiger partial charge in [0.15, 0.2) is 6.61 Å². The van der Waals surface area contributed by atoms with Gasteiger partial charge >= 0.3 is 5.97 Å². The summed E-state index contributed by atoms with van der Waals surface area (Å²) >= 11 is 0. The Morgan fingerprint density at radius 1 is 1.10 bits per heavy atom. The van der Waals surface area contributed by atoms with E-state index in [0.717, 1.165) is 25.1 Å². The van der Waals surface area contributed by atoms with Crippen molar-refractivity contribution in [3.05, 3.63) is 59.7 Å². The summed E-state index contributed by atoms with van der Waals surface area (Å²) in [6.45, 7) is 0.208. The number of hydrogen-bond acceptors (Lipinski definition) is 6. The summed E-state index contributed by atoms with van der Waals surface area (Å²) in [5.41, 5.74) is 1.96. The number of ether oxygens (including phenoxy) is 1. The maximum absolute atomic E-state index is 12.3. The molecule has 0 spiro atoms. The average Bonchev–Trinajstić information content (AvgIpc) is 3.23. The summed E-state index contributed by atoms with van der Waals surface area (Å²) < 4.78 is 5.00. The molecule has 2 N–H and O–H groups in total. The van der Waals surface area contributed by atoms with Gasteiger partial charge in [-0.1, -0.05) is 18.2 Å². The Labute approximate surface area is 166 Å². The molecule has 1 atom stereocenters. The average molecular weight is 393 g/mol. The van der Waals surface area contributed by atoms with E-state index in [2.05, 4.69) is 10.6 Å². The van der Waals surface area contributed by atoms with Crippen molar-refractivity contribution in [3.63, 3.8) is 0 Å². The van der Waals surface area contributed by atoms with Gasteiger partial charge in [-0.25, -0.2) is 4.79 Å². The molecule has 2 heterocycles. The Bertz CT molecular complexity index is 989. The number of carbonyl (C=O) groups is 4. The third-order valence-corrected chi connectivity index (χ3v) is 4.98. The lowest BCUT2D eigenvalue weighted by Gasteiger charge is -2.33. The molecular formula is C21H19N3O5. The van der Waals surface area contributed by atoms with Crippen LogP contribution in [-0.2, 0) is 14.3 Å². The molecule has 1 saturated heterocycles. The van der Waals surface area contributed by atoms with Gasteiger partial charge in [-0.2, -0.15) is 0 Å². The van der Waals surface area contributed by atoms with Crippen molar-refractivity contribution in [3.8, 4) is 0 Å². The minimum Gasteiger partial charge on any atom is -0.452 e. The number of esters is 1. The molecule has 2 aromatic rings. The third kappa shape index (κ3) is 3.82. The van der Waals surface area contributed by atoms with E-state index < -0.39 is 24.4 Å². The van der Waals surface area contributed by atoms with Gasteiger partial charge in [0.25, 0.3) is 11.8 Å². The van der Waals surface area contributed by atoms with Crippen molar-refractivity contribution in [1.29, 1.82) is 0 Å². The van der Waals surface area contributed by atoms with E-state index in [1.807, 2.05) is 4.90 Å². The van der Waals surface area contributed by atoms with Gasteiger partial charge in [-0.3, -0.25) is 19.7 Å². The number of amides is 3. The van der Waals surface area contributed by atoms with Crippen molar-refractivity contribution in [2.24, 2.45) is 0 Å². The van der Waals surface area contributed by atoms with Crippen LogP contribution in [0.2, 0.25) is 0 Å². The van der Waals surface area contributed by atoms with Gasteiger partial charge in [0.2, 0.25) is 5.91 Å². The molecule has 0 saturated carbocycles. The highest BCUT2D eigenvalue weighted by atomic mass is 16.5. The molecule has 2 aromatic carbocycles. The first-order valence-corrected chi connectivity index (χ1v) is 9.31. The van der Waals surface area contributed by atoms with Gasteiger partial charge < -0.3 is 15.0 Å². The van der Waals surface area contributed by atoms with E-state index in [0.29, 0.717) is 11.3 Å². The smallest absolute Gasteiger partial charge is 0.338 e. The van der Waals surface area contributed by atoms with Crippen LogP contribution in [0.15, 0.2) is 48.5 Å². The molecule has 148 valence electrons. The van der Waals surface area contributed by atoms with Crippen LogP contribution in [-0.4, -0.2) is 42.9 Å². The normalized spacial score (nSPS) is 17.0. The Morgan fingerprint density at radius 3 is 2.69 bits per heavy atom. The molecule has 1 fully saturated rings. The zero-order valence-electron chi connectivity index (χ0n) is 15.5. The first-order valence-electron chi connectivity index (χ1n) is 9.31. The summed E-state index contributed by atoms with van der Waals surface area (Å²) in [5, 5.41) is 4.99. The number of rotatable bonds is 4. The van der Waals surface area contributed by atoms with Crippen molar-refractivity contribution in [2.75, 3.05) is 23.4 Å². The quantitative estimate of drug-likeness (QED) is 0.767. The van der Waals surface area contributed by atoms with Gasteiger partial charge in [0.1, 0.15) is 6.04 Å². The van der Waals surface area contributed by atoms with Crippen LogP contribution in [0, 0.1) is 0 Å². The molecule has 0 aliphatic carbocycles. The number of imide groups is 1. The van der Waals surface area contributed by atoms with Crippen LogP contribution >= 0.6 is 0 Å². The van der Waals surface area contributed by atoms with E-state index in [4.69, 9.17) is 4.74 Å². The lowest BCUT2D eigenvalue weighted by atomic mass is 10.1. The number of nitrogens with one attached hydrogen (secondary N) is 2. The van der Waals surface area contributed by atoms with Crippen LogP contribution in [0.5, 0.6) is 0 Å². The highest BCUT2D eigenvalue weighted by molar-refractivity contribution is 6.07. The second-order valence-electron chi connectivity index (χ2n) is 6.89. The summed E-state index contributed by atoms with van der Waals surface area (Å²) in [5.74, 6) is -2.09. The van der Waals surface area contributed by atoms with Crippen LogP contribution in [0.3, 0.4) is 0 Å². The van der Waals surface area contributed by atoms with E-state index >= 15 is 0 Å². The Hall–Kier alpha value is -3.68. The van der Waals surface area contributed by atoms with Crippen molar-refractivity contribution in [1.82, 2.24) is 5.32 Å². The molecule has 2 aliphatic heterocycles. The van der Waals surface area contributed by atoms with E-state index in [1.165, 1.54) is 6.07 Å². The molecule has 0 bridgehead atoms. The lowest BCUT2D eigenvalue weighted by Crippen LogP contribution is -2.43. The fourth-order valence-corrected chi connectivity index (χ4v) is 3.60. The van der Waals surface area contributed by atoms with E-state index in [1.54, 1.807) is 42.5 Å². The van der Waals surface area contributed by atoms with Crippen molar-refractivity contribution < 1.29 is 23.9 Å². The maximum Gasteiger partial charge on any atom is 0.338 e. The number of fused-ring (bicyclic) bond motifs is 3. The van der Waals surface area contributed by atoms with Gasteiger partial charge in [0.05, 0.1) is 16.9 Å². The second kappa shape index (κ2) is 7.75. The predicted molar refractivity (Wildman–Crippen MR) is 105 cm³/mol. The number of anilines is 2. The number of carbonyl (C=O) groups excluding carboxylic acids is 4. The molecule has 8 nitrogen and oxygen atoms in total. The fraction of sp³-hybridized carbons (Fsp3) is 0.238. The molecule has 4 rings (SSSR count). The molecule has 8 heteroatoms. The monoisotopic (exact) mass is 393 g/mol. The summed E-state index contributed by atoms with van der Waals surface area (Å²) in [6, 6.07) is 13.0. The SMILES string of the molecule is O=C(COC(=O)c1ccc2c(c1)NC(=O)[C@H]1CCCN21)NC(=O)c1ccccc1. The fourth-order valence-electron chi connectivity index (χ4n) is 3.60. The molecule has 0 aromatic heterocycles. The molecule has 3 amide bonds. The predicted octanol–water partition coefficient (Wildman–Crippen LogP) is 1.72. The summed E-state index contributed by atoms with van der Waals surface area (Å²) in [6.07, 6.45) is 1.75. The van der Waals surface area contributed by atoms with Gasteiger partial charge in [0, 0.05) is 12.1 Å². The Balaban J connectivity index is 1.37. The van der Waals surface area contributed by atoms with Gasteiger partial charge in [-0.05, 0) is 43.2 Å². The largest absolute Gasteiger partial charge is 0.452 e. The summed E-state index contributed by atoms with van der Waals surface area (Å²) in [7, 11) is 0. The van der Waals surface area contributed by atoms with Crippen LogP contribution in [0.1, 0.15) is 33.6 Å². The topological polar surface area (TPSA) is 105 Å². The molecule has 29 heavy (non-hydrogen) atoms. The lowest BCUT2D eigenvalue weighted by molar-refractivity contribution is -0.123. The Kier molecular flexibility index (Phi) is 4.99. The van der Waals surface area contributed by atoms with Crippen LogP contribution < -0.4 is 15.5 Å². The molecule has 2 aliphatic rings. The third-order valence-electron chi connectivity index (χ3n) is 4.98. The number of hydrogen-bond donors (Lipinski definition) is 2. The maximum atomic E-state index is 12.3. The van der Waals surface area contributed by atoms with E-state index in [-0.39, 0.29) is 17.5 Å². The minimum atomic E-state index is -0.724. The number of nitrogens with zero attached hydrogens (tertiary/aromatic N) is 1. The Morgan fingerprint density at radius 2 is 1.90 bits per heavy atom. The zero-order chi connectivity index (χ0) is 20.4. The molecule has 0 radical (unpaired) electrons. The standard InChI is InChI=1S/C21H19N3O5/c25-18(23-19(26)13-5-2-1-3-6-13)12-29-21(28)14-8-9-16-15(11-14)22-20(27)17-7-4-10-24(16)17/h1-3,5-6,8-9,11,17H,4,7,10,12H2,(H,22,27)(H,23,25,26)/t17-/m1/s1. The second-order valence-corrected chi connectivity index (χ2v) is 6.89. The highest BCUT2D eigenvalue weighted by Gasteiger charge is 2.36. The van der Waals surface area contributed by atoms with E-state index in [9.17, 15) is 19.2 Å². The zero-order valence-corrected chi connectivity index (χ0v) is 15.5. The molecule has 0 unspecified atom stereocenters. The van der Waals surface area contributed by atoms with Crippen molar-refractivity contribution in [2.45, 2.75) is 18.9 Å². The van der Waals surface area contributed by atoms with Crippen LogP contribution in [0.25, 0.3) is 0 Å². The first kappa shape index (κ1) is 18.7. The minimum absolute atomic E-state index is 0.0840. The highest BCUT2D eigenvalue weighted by Crippen LogP contribution is 2.37.